The first-order chi connectivity index (χ1) is 5.65. The number of nitrogens with zero attached hydrogens (tertiary/aromatic N) is 1. The van der Waals surface area contributed by atoms with E-state index < -0.39 is 4.92 Å². The lowest BCUT2D eigenvalue weighted by atomic mass is 10.2. The first-order valence-electron chi connectivity index (χ1n) is 3.07. The Balaban J connectivity index is 3.22. The number of hydrogen-bond acceptors (Lipinski definition) is 4. The van der Waals surface area contributed by atoms with Gasteiger partial charge in [-0.3, -0.25) is 10.1 Å². The average molecular weight is 183 g/mol. The van der Waals surface area contributed by atoms with Gasteiger partial charge in [0.15, 0.2) is 0 Å². The maximum Gasteiger partial charge on any atom is 0.270 e. The van der Waals surface area contributed by atoms with Crippen molar-refractivity contribution in [3.8, 4) is 5.75 Å². The second kappa shape index (κ2) is 3.27. The van der Waals surface area contributed by atoms with E-state index in [1.807, 2.05) is 0 Å². The van der Waals surface area contributed by atoms with Gasteiger partial charge in [0.2, 0.25) is 0 Å². The van der Waals surface area contributed by atoms with Crippen LogP contribution in [0.3, 0.4) is 0 Å². The van der Waals surface area contributed by atoms with Crippen LogP contribution in [0.4, 0.5) is 5.69 Å². The van der Waals surface area contributed by atoms with Crippen LogP contribution in [0.25, 0.3) is 0 Å². The molecule has 0 aliphatic rings. The fraction of sp³-hybridized carbons (Fsp3) is 0. The predicted octanol–water partition coefficient (Wildman–Crippen LogP) is 1.65. The van der Waals surface area contributed by atoms with Crippen LogP contribution in [0.1, 0.15) is 5.56 Å². The van der Waals surface area contributed by atoms with Crippen molar-refractivity contribution in [2.45, 2.75) is 0 Å². The standard InChI is InChI=1S/C7H5NO3S/c9-7-2-1-6(8(10)11)3-5(7)4-12/h1-4,9H. The molecular formula is C7H5NO3S. The first-order valence-corrected chi connectivity index (χ1v) is 3.55. The quantitative estimate of drug-likeness (QED) is 0.430. The minimum Gasteiger partial charge on any atom is -0.507 e. The summed E-state index contributed by atoms with van der Waals surface area (Å²) in [5.41, 5.74) is 0.211. The number of nitro benzene ring substituents is 1. The molecule has 1 rings (SSSR count). The van der Waals surface area contributed by atoms with Crippen molar-refractivity contribution in [3.63, 3.8) is 0 Å². The molecule has 62 valence electrons. The van der Waals surface area contributed by atoms with Crippen LogP contribution >= 0.6 is 12.2 Å². The normalized spacial score (nSPS) is 9.33. The maximum absolute atomic E-state index is 10.3. The van der Waals surface area contributed by atoms with Gasteiger partial charge in [0.25, 0.3) is 5.69 Å². The number of hydrogen-bond donors (Lipinski definition) is 1. The smallest absolute Gasteiger partial charge is 0.270 e. The van der Waals surface area contributed by atoms with Crippen molar-refractivity contribution in [1.29, 1.82) is 0 Å². The zero-order chi connectivity index (χ0) is 9.14. The molecule has 0 spiro atoms. The van der Waals surface area contributed by atoms with Gasteiger partial charge in [-0.2, -0.15) is 0 Å². The lowest BCUT2D eigenvalue weighted by Crippen LogP contribution is -1.89. The Morgan fingerprint density at radius 2 is 2.25 bits per heavy atom. The highest BCUT2D eigenvalue weighted by molar-refractivity contribution is 7.79. The Labute approximate surface area is 73.6 Å². The van der Waals surface area contributed by atoms with E-state index in [0.29, 0.717) is 5.56 Å². The number of non-ortho nitro benzene ring substituents is 1. The van der Waals surface area contributed by atoms with E-state index in [4.69, 9.17) is 5.11 Å². The Kier molecular flexibility index (Phi) is 2.35. The van der Waals surface area contributed by atoms with Gasteiger partial charge in [-0.05, 0) is 6.07 Å². The largest absolute Gasteiger partial charge is 0.507 e. The van der Waals surface area contributed by atoms with Crippen molar-refractivity contribution >= 4 is 23.3 Å². The summed E-state index contributed by atoms with van der Waals surface area (Å²) in [6.45, 7) is 0. The Hall–Kier alpha value is -1.49. The fourth-order valence-corrected chi connectivity index (χ4v) is 0.939. The average Bonchev–Trinajstić information content (AvgIpc) is 2.05. The summed E-state index contributed by atoms with van der Waals surface area (Å²) < 4.78 is 0. The molecular weight excluding hydrogens is 178 g/mol. The van der Waals surface area contributed by atoms with Gasteiger partial charge in [0.05, 0.1) is 4.92 Å². The van der Waals surface area contributed by atoms with Gasteiger partial charge in [-0.15, -0.1) is 0 Å². The van der Waals surface area contributed by atoms with Gasteiger partial charge in [-0.1, -0.05) is 12.2 Å². The summed E-state index contributed by atoms with van der Waals surface area (Å²) in [7, 11) is 0. The molecule has 0 radical (unpaired) electrons. The van der Waals surface area contributed by atoms with E-state index in [1.165, 1.54) is 23.6 Å². The number of phenolic OH excluding ortho intramolecular Hbond substituents is 1. The third kappa shape index (κ3) is 1.57. The third-order valence-corrected chi connectivity index (χ3v) is 1.60. The molecule has 0 aliphatic heterocycles. The summed E-state index contributed by atoms with van der Waals surface area (Å²) >= 11 is 4.54. The summed E-state index contributed by atoms with van der Waals surface area (Å²) in [6, 6.07) is 3.69. The summed E-state index contributed by atoms with van der Waals surface area (Å²) in [5.74, 6) is -0.0457. The molecule has 0 atom stereocenters. The minimum atomic E-state index is -0.540. The molecule has 12 heavy (non-hydrogen) atoms. The number of benzene rings is 1. The van der Waals surface area contributed by atoms with Gasteiger partial charge >= 0.3 is 0 Å². The predicted molar refractivity (Wildman–Crippen MR) is 47.5 cm³/mol. The molecule has 4 nitrogen and oxygen atoms in total. The van der Waals surface area contributed by atoms with Crippen LogP contribution in [-0.2, 0) is 0 Å². The van der Waals surface area contributed by atoms with Crippen molar-refractivity contribution in [1.82, 2.24) is 0 Å². The number of aromatic hydroxyl groups is 1. The van der Waals surface area contributed by atoms with E-state index in [-0.39, 0.29) is 11.4 Å². The SMILES string of the molecule is O=[N+]([O-])c1ccc(O)c(C=S)c1. The molecule has 0 aromatic heterocycles. The molecule has 0 heterocycles. The number of phenols is 1. The highest BCUT2D eigenvalue weighted by Crippen LogP contribution is 2.20. The van der Waals surface area contributed by atoms with Crippen LogP contribution < -0.4 is 0 Å². The molecule has 0 amide bonds. The van der Waals surface area contributed by atoms with E-state index in [1.54, 1.807) is 0 Å². The van der Waals surface area contributed by atoms with Crippen molar-refractivity contribution < 1.29 is 10.0 Å². The van der Waals surface area contributed by atoms with Crippen molar-refractivity contribution in [3.05, 3.63) is 33.9 Å². The second-order valence-corrected chi connectivity index (χ2v) is 2.35. The van der Waals surface area contributed by atoms with Crippen LogP contribution in [0, 0.1) is 10.1 Å². The van der Waals surface area contributed by atoms with Crippen LogP contribution in [0.2, 0.25) is 0 Å². The molecule has 0 aliphatic carbocycles. The summed E-state index contributed by atoms with van der Waals surface area (Å²) in [4.78, 5) is 9.72. The fourth-order valence-electron chi connectivity index (χ4n) is 0.750. The molecule has 0 bridgehead atoms. The van der Waals surface area contributed by atoms with E-state index in [9.17, 15) is 10.1 Å². The van der Waals surface area contributed by atoms with Gasteiger partial charge < -0.3 is 5.11 Å². The van der Waals surface area contributed by atoms with Crippen LogP contribution in [-0.4, -0.2) is 15.4 Å². The van der Waals surface area contributed by atoms with E-state index >= 15 is 0 Å². The lowest BCUT2D eigenvalue weighted by Gasteiger charge is -1.96. The number of thiocarbonyl (C=S) groups is 1. The second-order valence-electron chi connectivity index (χ2n) is 2.12. The highest BCUT2D eigenvalue weighted by Gasteiger charge is 2.07. The van der Waals surface area contributed by atoms with Crippen molar-refractivity contribution in [2.24, 2.45) is 0 Å². The maximum atomic E-state index is 10.3. The Morgan fingerprint density at radius 3 is 2.75 bits per heavy atom. The summed E-state index contributed by atoms with van der Waals surface area (Å²) in [6.07, 6.45) is 0. The highest BCUT2D eigenvalue weighted by atomic mass is 32.1. The number of rotatable bonds is 2. The zero-order valence-corrected chi connectivity index (χ0v) is 6.75. The van der Waals surface area contributed by atoms with Gasteiger partial charge in [-0.25, -0.2) is 0 Å². The Morgan fingerprint density at radius 1 is 1.58 bits per heavy atom. The van der Waals surface area contributed by atoms with Gasteiger partial charge in [0.1, 0.15) is 5.75 Å². The third-order valence-electron chi connectivity index (χ3n) is 1.35. The molecule has 0 fully saturated rings. The van der Waals surface area contributed by atoms with Gasteiger partial charge in [0, 0.05) is 23.1 Å². The number of nitro groups is 1. The van der Waals surface area contributed by atoms with Crippen molar-refractivity contribution in [2.75, 3.05) is 0 Å². The topological polar surface area (TPSA) is 63.4 Å². The van der Waals surface area contributed by atoms with Crippen LogP contribution in [0.15, 0.2) is 18.2 Å². The molecule has 1 aromatic carbocycles. The first kappa shape index (κ1) is 8.61. The van der Waals surface area contributed by atoms with E-state index in [2.05, 4.69) is 12.2 Å². The monoisotopic (exact) mass is 183 g/mol. The van der Waals surface area contributed by atoms with E-state index in [0.717, 1.165) is 0 Å². The molecule has 1 aromatic rings. The summed E-state index contributed by atoms with van der Waals surface area (Å²) in [5, 5.41) is 20.5. The zero-order valence-electron chi connectivity index (χ0n) is 5.93. The molecule has 5 heteroatoms. The van der Waals surface area contributed by atoms with Crippen LogP contribution in [0.5, 0.6) is 5.75 Å². The molecule has 0 saturated carbocycles. The Bertz CT molecular complexity index is 337. The molecule has 0 unspecified atom stereocenters. The molecule has 1 N–H and O–H groups in total. The molecule has 0 saturated heterocycles. The minimum absolute atomic E-state index is 0.0457. The lowest BCUT2D eigenvalue weighted by molar-refractivity contribution is -0.384.